The molecule has 3 amide bonds. The Morgan fingerprint density at radius 3 is 2.65 bits per heavy atom. The molecular weight excluding hydrogens is 611 g/mol. The Morgan fingerprint density at radius 1 is 1.35 bits per heavy atom. The van der Waals surface area contributed by atoms with Gasteiger partial charge in [-0.25, -0.2) is 14.9 Å². The van der Waals surface area contributed by atoms with E-state index in [-0.39, 0.29) is 28.7 Å². The van der Waals surface area contributed by atoms with Gasteiger partial charge in [0, 0.05) is 12.8 Å². The van der Waals surface area contributed by atoms with Gasteiger partial charge in [-0.2, -0.15) is 9.97 Å². The van der Waals surface area contributed by atoms with Gasteiger partial charge in [0.05, 0.1) is 26.1 Å². The summed E-state index contributed by atoms with van der Waals surface area (Å²) < 4.78 is 37.4. The fourth-order valence-electron chi connectivity index (χ4n) is 4.43. The number of hydrogen-bond donors (Lipinski definition) is 5. The second-order valence-electron chi connectivity index (χ2n) is 10.4. The lowest BCUT2D eigenvalue weighted by atomic mass is 9.96. The summed E-state index contributed by atoms with van der Waals surface area (Å²) in [7, 11) is 2.68. The van der Waals surface area contributed by atoms with Gasteiger partial charge < -0.3 is 40.0 Å². The van der Waals surface area contributed by atoms with Crippen molar-refractivity contribution in [3.8, 4) is 5.88 Å². The average Bonchev–Trinajstić information content (AvgIpc) is 3.53. The molecule has 0 aliphatic carbocycles. The smallest absolute Gasteiger partial charge is 0.327 e. The minimum Gasteiger partial charge on any atom is -0.479 e. The first-order valence-electron chi connectivity index (χ1n) is 13.1. The third kappa shape index (κ3) is 6.72. The Labute approximate surface area is 250 Å². The number of aliphatic hydroxyl groups excluding tert-OH is 1. The topological polar surface area (TPSA) is 243 Å². The number of aromatic nitrogens is 4. The van der Waals surface area contributed by atoms with Gasteiger partial charge in [0.25, 0.3) is 5.91 Å². The maximum Gasteiger partial charge on any atom is 0.327 e. The van der Waals surface area contributed by atoms with E-state index >= 15 is 0 Å². The Balaban J connectivity index is 1.53. The average molecular weight is 647 g/mol. The molecule has 0 saturated carbocycles. The summed E-state index contributed by atoms with van der Waals surface area (Å²) in [6, 6.07) is -2.70. The molecule has 7 atom stereocenters. The van der Waals surface area contributed by atoms with Crippen molar-refractivity contribution in [3.63, 3.8) is 0 Å². The molecule has 2 fully saturated rings. The molecule has 238 valence electrons. The number of fused-ring (bicyclic) bond motifs is 1. The maximum atomic E-state index is 14.0. The minimum absolute atomic E-state index is 0.0941. The lowest BCUT2D eigenvalue weighted by Crippen LogP contribution is -2.44. The van der Waals surface area contributed by atoms with E-state index in [0.29, 0.717) is 11.4 Å². The van der Waals surface area contributed by atoms with Crippen LogP contribution < -0.4 is 20.9 Å². The first-order chi connectivity index (χ1) is 20.1. The van der Waals surface area contributed by atoms with Crippen molar-refractivity contribution in [1.82, 2.24) is 34.8 Å². The number of nitrogens with zero attached hydrogens (tertiary/aromatic N) is 5. The molecule has 20 heteroatoms. The molecule has 0 aromatic carbocycles. The molecule has 4 unspecified atom stereocenters. The van der Waals surface area contributed by atoms with Gasteiger partial charge in [-0.3, -0.25) is 23.6 Å². The highest BCUT2D eigenvalue weighted by atomic mass is 32.7. The van der Waals surface area contributed by atoms with Gasteiger partial charge in [-0.05, 0) is 27.7 Å². The van der Waals surface area contributed by atoms with Crippen LogP contribution in [-0.2, 0) is 28.2 Å². The lowest BCUT2D eigenvalue weighted by Gasteiger charge is -2.27. The highest BCUT2D eigenvalue weighted by Gasteiger charge is 2.54. The second kappa shape index (κ2) is 12.5. The predicted octanol–water partition coefficient (Wildman–Crippen LogP) is -0.236. The number of carbonyl (C=O) groups excluding carboxylic acids is 3. The van der Waals surface area contributed by atoms with Gasteiger partial charge in [0.2, 0.25) is 11.8 Å². The van der Waals surface area contributed by atoms with Crippen molar-refractivity contribution in [1.29, 1.82) is 0 Å². The molecule has 2 aliphatic heterocycles. The zero-order chi connectivity index (χ0) is 31.9. The zero-order valence-corrected chi connectivity index (χ0v) is 26.0. The summed E-state index contributed by atoms with van der Waals surface area (Å²) in [5, 5.41) is 27.4. The standard InChI is InChI=1S/C23H35N8O10PS/c1-10(2)40-19(34)11(3)29-42(37,43-8-12-18(33)30(5)22(35)26-12)39-7-13-15(32)23(4,36)20(41-13)31-9-25-14-16(31)27-21(24)28-17(14)38-6/h9-13,15,20,32,36H,7-8H2,1-6H3,(H,26,35)(H,29,37)(H2,24,27,28)/t11-,12?,13?,15-,20?,23-,42?/m1/s1. The summed E-state index contributed by atoms with van der Waals surface area (Å²) in [5.41, 5.74) is 4.27. The number of anilines is 1. The van der Waals surface area contributed by atoms with Gasteiger partial charge in [-0.1, -0.05) is 11.4 Å². The number of ether oxygens (including phenoxy) is 3. The summed E-state index contributed by atoms with van der Waals surface area (Å²) in [4.78, 5) is 49.9. The van der Waals surface area contributed by atoms with E-state index in [4.69, 9.17) is 24.5 Å². The summed E-state index contributed by atoms with van der Waals surface area (Å²) in [5.74, 6) is -1.42. The molecular formula is C23H35N8O10PS. The largest absolute Gasteiger partial charge is 0.479 e. The van der Waals surface area contributed by atoms with E-state index < -0.39 is 73.5 Å². The van der Waals surface area contributed by atoms with Crippen molar-refractivity contribution in [3.05, 3.63) is 6.33 Å². The monoisotopic (exact) mass is 646 g/mol. The Morgan fingerprint density at radius 2 is 2.05 bits per heavy atom. The van der Waals surface area contributed by atoms with Crippen molar-refractivity contribution in [2.24, 2.45) is 0 Å². The van der Waals surface area contributed by atoms with Crippen LogP contribution in [0.3, 0.4) is 0 Å². The number of hydrogen-bond acceptors (Lipinski definition) is 15. The van der Waals surface area contributed by atoms with Gasteiger partial charge in [0.15, 0.2) is 17.4 Å². The lowest BCUT2D eigenvalue weighted by molar-refractivity contribution is -0.149. The van der Waals surface area contributed by atoms with Crippen LogP contribution in [0.1, 0.15) is 33.9 Å². The zero-order valence-electron chi connectivity index (χ0n) is 24.3. The Bertz CT molecular complexity index is 1440. The first kappa shape index (κ1) is 32.8. The van der Waals surface area contributed by atoms with Gasteiger partial charge in [0.1, 0.15) is 29.9 Å². The number of methoxy groups -OCH3 is 1. The van der Waals surface area contributed by atoms with E-state index in [9.17, 15) is 29.2 Å². The van der Waals surface area contributed by atoms with Crippen molar-refractivity contribution < 1.29 is 47.9 Å². The van der Waals surface area contributed by atoms with E-state index in [1.54, 1.807) is 13.8 Å². The molecule has 0 radical (unpaired) electrons. The normalized spacial score (nSPS) is 27.9. The number of nitrogens with two attached hydrogens (primary N) is 1. The third-order valence-corrected chi connectivity index (χ3v) is 10.8. The number of rotatable bonds is 12. The first-order valence-corrected chi connectivity index (χ1v) is 16.3. The van der Waals surface area contributed by atoms with Crippen molar-refractivity contribution in [2.75, 3.05) is 32.3 Å². The van der Waals surface area contributed by atoms with Crippen LogP contribution in [0.5, 0.6) is 5.88 Å². The number of imide groups is 1. The van der Waals surface area contributed by atoms with E-state index in [1.165, 1.54) is 38.9 Å². The molecule has 4 rings (SSSR count). The van der Waals surface area contributed by atoms with E-state index in [2.05, 4.69) is 25.4 Å². The SMILES string of the molecule is COc1nc(N)nc2c1ncn2C1OC(COP(=O)(N[C@H](C)C(=O)OC(C)C)SCC2NC(=O)N(C)C2=O)[C@@H](O)[C@@]1(C)O. The number of esters is 1. The highest BCUT2D eigenvalue weighted by Crippen LogP contribution is 2.57. The molecule has 2 aromatic rings. The van der Waals surface area contributed by atoms with Crippen LogP contribution in [0.4, 0.5) is 10.7 Å². The Hall–Kier alpha value is -3.06. The number of aliphatic hydroxyl groups is 2. The molecule has 4 heterocycles. The molecule has 43 heavy (non-hydrogen) atoms. The quantitative estimate of drug-likeness (QED) is 0.114. The number of likely N-dealkylation sites (N-methyl/N-ethyl adjacent to an activating group) is 1. The van der Waals surface area contributed by atoms with Crippen LogP contribution in [0, 0.1) is 0 Å². The fourth-order valence-corrected chi connectivity index (χ4v) is 8.29. The van der Waals surface area contributed by atoms with Gasteiger partial charge in [-0.15, -0.1) is 0 Å². The third-order valence-electron chi connectivity index (χ3n) is 6.72. The molecule has 18 nitrogen and oxygen atoms in total. The van der Waals surface area contributed by atoms with Crippen molar-refractivity contribution in [2.45, 2.75) is 69.9 Å². The van der Waals surface area contributed by atoms with Crippen LogP contribution in [0.25, 0.3) is 11.2 Å². The summed E-state index contributed by atoms with van der Waals surface area (Å²) in [6.07, 6.45) is -3.16. The fraction of sp³-hybridized carbons (Fsp3) is 0.652. The number of carbonyl (C=O) groups is 3. The van der Waals surface area contributed by atoms with Crippen LogP contribution in [-0.4, -0.2) is 115 Å². The number of nitrogen functional groups attached to an aromatic ring is 1. The summed E-state index contributed by atoms with van der Waals surface area (Å²) in [6.45, 7) is 1.49. The number of amides is 3. The van der Waals surface area contributed by atoms with Crippen LogP contribution >= 0.6 is 18.1 Å². The van der Waals surface area contributed by atoms with Crippen molar-refractivity contribution >= 4 is 53.1 Å². The number of imidazole rings is 1. The molecule has 6 N–H and O–H groups in total. The number of nitrogens with one attached hydrogen (secondary N) is 2. The van der Waals surface area contributed by atoms with E-state index in [1.807, 2.05) is 0 Å². The molecule has 2 saturated heterocycles. The molecule has 0 spiro atoms. The highest BCUT2D eigenvalue weighted by molar-refractivity contribution is 8.56. The van der Waals surface area contributed by atoms with E-state index in [0.717, 1.165) is 4.90 Å². The number of urea groups is 1. The second-order valence-corrected chi connectivity index (χ2v) is 14.8. The molecule has 0 bridgehead atoms. The van der Waals surface area contributed by atoms with Crippen LogP contribution in [0.15, 0.2) is 6.33 Å². The summed E-state index contributed by atoms with van der Waals surface area (Å²) >= 11 is 0.677. The molecule has 2 aromatic heterocycles. The predicted molar refractivity (Wildman–Crippen MR) is 152 cm³/mol. The van der Waals surface area contributed by atoms with Gasteiger partial charge >= 0.3 is 18.7 Å². The molecule has 2 aliphatic rings. The Kier molecular flexibility index (Phi) is 9.55. The minimum atomic E-state index is -4.05. The van der Waals surface area contributed by atoms with Crippen LogP contribution in [0.2, 0.25) is 0 Å². The maximum absolute atomic E-state index is 14.0.